The maximum atomic E-state index is 11.6. The van der Waals surface area contributed by atoms with Crippen molar-refractivity contribution in [3.63, 3.8) is 0 Å². The van der Waals surface area contributed by atoms with E-state index in [1.807, 2.05) is 42.5 Å². The summed E-state index contributed by atoms with van der Waals surface area (Å²) in [5.41, 5.74) is 3.45. The van der Waals surface area contributed by atoms with Crippen LogP contribution >= 0.6 is 0 Å². The van der Waals surface area contributed by atoms with Crippen LogP contribution in [0.15, 0.2) is 41.5 Å². The Kier molecular flexibility index (Phi) is 2.84. The first-order valence-electron chi connectivity index (χ1n) is 6.09. The van der Waals surface area contributed by atoms with Crippen molar-refractivity contribution in [2.45, 2.75) is 0 Å². The van der Waals surface area contributed by atoms with E-state index in [2.05, 4.69) is 10.5 Å². The van der Waals surface area contributed by atoms with Gasteiger partial charge in [0.15, 0.2) is 5.92 Å². The van der Waals surface area contributed by atoms with E-state index in [0.717, 1.165) is 10.8 Å². The molecule has 3 rings (SSSR count). The van der Waals surface area contributed by atoms with Crippen molar-refractivity contribution in [3.8, 4) is 11.8 Å². The number of carbonyl (C=O) groups excluding carboxylic acids is 1. The van der Waals surface area contributed by atoms with Crippen LogP contribution in [-0.2, 0) is 4.79 Å². The predicted octanol–water partition coefficient (Wildman–Crippen LogP) is 1.82. The van der Waals surface area contributed by atoms with Crippen LogP contribution in [0.4, 0.5) is 0 Å². The van der Waals surface area contributed by atoms with Crippen molar-refractivity contribution in [2.24, 2.45) is 11.0 Å². The van der Waals surface area contributed by atoms with Crippen LogP contribution in [0.3, 0.4) is 0 Å². The highest BCUT2D eigenvalue weighted by Gasteiger charge is 2.33. The summed E-state index contributed by atoms with van der Waals surface area (Å²) in [6, 6.07) is 13.4. The van der Waals surface area contributed by atoms with Crippen LogP contribution in [0, 0.1) is 17.2 Å². The summed E-state index contributed by atoms with van der Waals surface area (Å²) in [5, 5.41) is 15.1. The van der Waals surface area contributed by atoms with Crippen molar-refractivity contribution in [2.75, 3.05) is 7.11 Å². The average molecular weight is 265 g/mol. The van der Waals surface area contributed by atoms with Gasteiger partial charge in [0.05, 0.1) is 18.9 Å². The molecular weight excluding hydrogens is 254 g/mol. The number of nitriles is 1. The normalized spacial score (nSPS) is 17.5. The molecule has 0 aromatic heterocycles. The minimum absolute atomic E-state index is 0.405. The molecule has 0 aliphatic carbocycles. The molecule has 1 aliphatic rings. The topological polar surface area (TPSA) is 74.5 Å². The molecule has 0 bridgehead atoms. The number of nitrogens with one attached hydrogen (secondary N) is 1. The lowest BCUT2D eigenvalue weighted by Crippen LogP contribution is -2.22. The smallest absolute Gasteiger partial charge is 0.263 e. The molecule has 0 spiro atoms. The number of fused-ring (bicyclic) bond motifs is 1. The molecule has 20 heavy (non-hydrogen) atoms. The molecule has 5 nitrogen and oxygen atoms in total. The minimum atomic E-state index is -0.908. The van der Waals surface area contributed by atoms with Crippen molar-refractivity contribution >= 4 is 22.4 Å². The predicted molar refractivity (Wildman–Crippen MR) is 74.3 cm³/mol. The van der Waals surface area contributed by atoms with Gasteiger partial charge >= 0.3 is 0 Å². The highest BCUT2D eigenvalue weighted by Crippen LogP contribution is 2.31. The molecule has 1 N–H and O–H groups in total. The summed E-state index contributed by atoms with van der Waals surface area (Å²) in [6.45, 7) is 0. The molecule has 0 fully saturated rings. The van der Waals surface area contributed by atoms with Crippen molar-refractivity contribution in [3.05, 3.63) is 42.0 Å². The third-order valence-corrected chi connectivity index (χ3v) is 3.32. The molecule has 0 radical (unpaired) electrons. The van der Waals surface area contributed by atoms with Crippen LogP contribution in [0.1, 0.15) is 5.56 Å². The Balaban J connectivity index is 2.30. The van der Waals surface area contributed by atoms with Gasteiger partial charge in [-0.05, 0) is 16.8 Å². The molecule has 2 aromatic rings. The third kappa shape index (κ3) is 1.70. The van der Waals surface area contributed by atoms with Crippen molar-refractivity contribution in [1.82, 2.24) is 5.43 Å². The lowest BCUT2D eigenvalue weighted by Gasteiger charge is -2.12. The van der Waals surface area contributed by atoms with E-state index in [1.165, 1.54) is 0 Å². The van der Waals surface area contributed by atoms with Gasteiger partial charge < -0.3 is 4.74 Å². The molecular formula is C15H11N3O2. The van der Waals surface area contributed by atoms with Crippen LogP contribution < -0.4 is 10.2 Å². The first-order valence-corrected chi connectivity index (χ1v) is 6.09. The Bertz CT molecular complexity index is 774. The molecule has 2 aromatic carbocycles. The van der Waals surface area contributed by atoms with Gasteiger partial charge in [0.25, 0.3) is 5.91 Å². The van der Waals surface area contributed by atoms with Crippen LogP contribution in [0.5, 0.6) is 5.75 Å². The fraction of sp³-hybridized carbons (Fsp3) is 0.133. The van der Waals surface area contributed by atoms with Gasteiger partial charge in [0.1, 0.15) is 5.75 Å². The molecule has 1 amide bonds. The number of nitrogens with zero attached hydrogens (tertiary/aromatic N) is 2. The van der Waals surface area contributed by atoms with Crippen LogP contribution in [0.25, 0.3) is 10.8 Å². The standard InChI is InChI=1S/C15H11N3O2/c1-20-12-7-6-9-4-2-3-5-10(9)13(12)14-11(8-16)15(19)18-17-14/h2-7,11H,1H3,(H,18,19). The van der Waals surface area contributed by atoms with E-state index < -0.39 is 11.8 Å². The summed E-state index contributed by atoms with van der Waals surface area (Å²) in [5.74, 6) is -0.716. The Morgan fingerprint density at radius 3 is 2.85 bits per heavy atom. The van der Waals surface area contributed by atoms with E-state index in [9.17, 15) is 10.1 Å². The van der Waals surface area contributed by atoms with Gasteiger partial charge in [-0.3, -0.25) is 4.79 Å². The van der Waals surface area contributed by atoms with Crippen LogP contribution in [-0.4, -0.2) is 18.7 Å². The van der Waals surface area contributed by atoms with Gasteiger partial charge in [-0.25, -0.2) is 5.43 Å². The molecule has 98 valence electrons. The quantitative estimate of drug-likeness (QED) is 0.900. The highest BCUT2D eigenvalue weighted by atomic mass is 16.5. The second kappa shape index (κ2) is 4.67. The van der Waals surface area contributed by atoms with Gasteiger partial charge in [-0.2, -0.15) is 10.4 Å². The highest BCUT2D eigenvalue weighted by molar-refractivity contribution is 6.23. The average Bonchev–Trinajstić information content (AvgIpc) is 2.86. The largest absolute Gasteiger partial charge is 0.496 e. The Hall–Kier alpha value is -2.87. The Morgan fingerprint density at radius 2 is 2.10 bits per heavy atom. The Morgan fingerprint density at radius 1 is 1.30 bits per heavy atom. The first-order chi connectivity index (χ1) is 9.76. The molecule has 0 saturated heterocycles. The number of methoxy groups -OCH3 is 1. The zero-order valence-electron chi connectivity index (χ0n) is 10.8. The van der Waals surface area contributed by atoms with Crippen LogP contribution in [0.2, 0.25) is 0 Å². The number of amides is 1. The number of hydrogen-bond donors (Lipinski definition) is 1. The number of rotatable bonds is 2. The maximum absolute atomic E-state index is 11.6. The molecule has 5 heteroatoms. The second-order valence-electron chi connectivity index (χ2n) is 4.40. The molecule has 0 saturated carbocycles. The van der Waals surface area contributed by atoms with E-state index in [-0.39, 0.29) is 0 Å². The van der Waals surface area contributed by atoms with Gasteiger partial charge in [0, 0.05) is 5.56 Å². The SMILES string of the molecule is COc1ccc2ccccc2c1C1=NNC(=O)C1C#N. The van der Waals surface area contributed by atoms with Gasteiger partial charge in [-0.15, -0.1) is 0 Å². The third-order valence-electron chi connectivity index (χ3n) is 3.32. The fourth-order valence-electron chi connectivity index (χ4n) is 2.37. The number of hydrogen-bond acceptors (Lipinski definition) is 4. The zero-order valence-corrected chi connectivity index (χ0v) is 10.8. The zero-order chi connectivity index (χ0) is 14.1. The summed E-state index contributed by atoms with van der Waals surface area (Å²) in [7, 11) is 1.56. The lowest BCUT2D eigenvalue weighted by atomic mass is 9.93. The summed E-state index contributed by atoms with van der Waals surface area (Å²) >= 11 is 0. The fourth-order valence-corrected chi connectivity index (χ4v) is 2.37. The van der Waals surface area contributed by atoms with E-state index in [0.29, 0.717) is 17.0 Å². The first kappa shape index (κ1) is 12.2. The maximum Gasteiger partial charge on any atom is 0.263 e. The molecule has 1 atom stereocenters. The van der Waals surface area contributed by atoms with E-state index in [1.54, 1.807) is 7.11 Å². The molecule has 1 aliphatic heterocycles. The molecule has 1 unspecified atom stereocenters. The number of ether oxygens (including phenoxy) is 1. The minimum Gasteiger partial charge on any atom is -0.496 e. The monoisotopic (exact) mass is 265 g/mol. The lowest BCUT2D eigenvalue weighted by molar-refractivity contribution is -0.120. The number of carbonyl (C=O) groups is 1. The summed E-state index contributed by atoms with van der Waals surface area (Å²) in [4.78, 5) is 11.6. The van der Waals surface area contributed by atoms with Gasteiger partial charge in [-0.1, -0.05) is 30.3 Å². The van der Waals surface area contributed by atoms with E-state index in [4.69, 9.17) is 4.74 Å². The number of benzene rings is 2. The molecule has 1 heterocycles. The number of hydrazone groups is 1. The van der Waals surface area contributed by atoms with Gasteiger partial charge in [0.2, 0.25) is 0 Å². The van der Waals surface area contributed by atoms with E-state index >= 15 is 0 Å². The van der Waals surface area contributed by atoms with Crippen molar-refractivity contribution in [1.29, 1.82) is 5.26 Å². The Labute approximate surface area is 115 Å². The summed E-state index contributed by atoms with van der Waals surface area (Å²) < 4.78 is 5.36. The van der Waals surface area contributed by atoms with Crippen molar-refractivity contribution < 1.29 is 9.53 Å². The summed E-state index contributed by atoms with van der Waals surface area (Å²) in [6.07, 6.45) is 0. The second-order valence-corrected chi connectivity index (χ2v) is 4.40.